The Morgan fingerprint density at radius 2 is 2.23 bits per heavy atom. The zero-order chi connectivity index (χ0) is 21.8. The maximum Gasteiger partial charge on any atom is 0.227 e. The van der Waals surface area contributed by atoms with Crippen molar-refractivity contribution >= 4 is 34.6 Å². The lowest BCUT2D eigenvalue weighted by molar-refractivity contribution is -0.108. The number of hydrogen-bond acceptors (Lipinski definition) is 7. The van der Waals surface area contributed by atoms with E-state index in [0.29, 0.717) is 31.9 Å². The van der Waals surface area contributed by atoms with Crippen molar-refractivity contribution in [1.29, 1.82) is 0 Å². The fourth-order valence-electron chi connectivity index (χ4n) is 4.09. The number of rotatable bonds is 10. The summed E-state index contributed by atoms with van der Waals surface area (Å²) >= 11 is 0. The summed E-state index contributed by atoms with van der Waals surface area (Å²) in [5.41, 5.74) is 4.13. The number of nitrogens with one attached hydrogen (secondary N) is 1. The predicted octanol–water partition coefficient (Wildman–Crippen LogP) is 3.38. The molecule has 3 heterocycles. The molecule has 0 fully saturated rings. The second-order valence-corrected chi connectivity index (χ2v) is 7.79. The number of anilines is 3. The van der Waals surface area contributed by atoms with E-state index >= 15 is 0 Å². The molecule has 0 saturated heterocycles. The van der Waals surface area contributed by atoms with E-state index in [0.717, 1.165) is 52.9 Å². The Morgan fingerprint density at radius 3 is 3.00 bits per heavy atom. The van der Waals surface area contributed by atoms with E-state index in [9.17, 15) is 4.79 Å². The Kier molecular flexibility index (Phi) is 6.27. The Balaban J connectivity index is 1.80. The number of benzene rings is 1. The summed E-state index contributed by atoms with van der Waals surface area (Å²) in [4.78, 5) is 25.5. The molecule has 1 N–H and O–H groups in total. The van der Waals surface area contributed by atoms with Crippen molar-refractivity contribution in [2.24, 2.45) is 0 Å². The van der Waals surface area contributed by atoms with E-state index in [2.05, 4.69) is 33.8 Å². The molecule has 0 amide bonds. The van der Waals surface area contributed by atoms with Crippen molar-refractivity contribution in [2.75, 3.05) is 43.7 Å². The van der Waals surface area contributed by atoms with Gasteiger partial charge in [0.2, 0.25) is 5.95 Å². The average molecular weight is 421 g/mol. The van der Waals surface area contributed by atoms with Crippen LogP contribution in [0.2, 0.25) is 0 Å². The molecular formula is C23H28N6O2. The summed E-state index contributed by atoms with van der Waals surface area (Å²) in [6.45, 7) is 5.95. The van der Waals surface area contributed by atoms with Crippen LogP contribution in [0.4, 0.5) is 17.5 Å². The lowest BCUT2D eigenvalue weighted by Gasteiger charge is -2.24. The number of hydrogen-bond donors (Lipinski definition) is 1. The van der Waals surface area contributed by atoms with Gasteiger partial charge < -0.3 is 19.3 Å². The first-order valence-electron chi connectivity index (χ1n) is 10.5. The third kappa shape index (κ3) is 4.16. The molecule has 1 aliphatic heterocycles. The quantitative estimate of drug-likeness (QED) is 0.397. The molecule has 0 saturated carbocycles. The van der Waals surface area contributed by atoms with Gasteiger partial charge in [0.1, 0.15) is 12.1 Å². The molecule has 2 aromatic heterocycles. The van der Waals surface area contributed by atoms with Crippen LogP contribution in [-0.2, 0) is 16.0 Å². The van der Waals surface area contributed by atoms with Gasteiger partial charge in [0, 0.05) is 56.2 Å². The number of allylic oxidation sites excluding steroid dienone is 1. The number of likely N-dealkylation sites (N-methyl/N-ethyl adjacent to an activating group) is 1. The van der Waals surface area contributed by atoms with E-state index in [1.807, 2.05) is 30.3 Å². The van der Waals surface area contributed by atoms with Crippen LogP contribution in [0.25, 0.3) is 10.9 Å². The van der Waals surface area contributed by atoms with Gasteiger partial charge in [-0.2, -0.15) is 10.1 Å². The Hall–Kier alpha value is -3.26. The van der Waals surface area contributed by atoms with Crippen LogP contribution in [0.3, 0.4) is 0 Å². The molecule has 1 atom stereocenters. The highest BCUT2D eigenvalue weighted by Crippen LogP contribution is 2.39. The largest absolute Gasteiger partial charge is 0.383 e. The molecule has 31 heavy (non-hydrogen) atoms. The molecule has 0 aliphatic carbocycles. The molecule has 1 unspecified atom stereocenters. The van der Waals surface area contributed by atoms with Crippen molar-refractivity contribution in [3.63, 3.8) is 0 Å². The van der Waals surface area contributed by atoms with E-state index in [1.54, 1.807) is 7.11 Å². The fourth-order valence-corrected chi connectivity index (χ4v) is 4.09. The van der Waals surface area contributed by atoms with Crippen molar-refractivity contribution in [3.05, 3.63) is 48.3 Å². The van der Waals surface area contributed by atoms with Crippen LogP contribution in [0.1, 0.15) is 30.0 Å². The van der Waals surface area contributed by atoms with Crippen molar-refractivity contribution in [2.45, 2.75) is 25.2 Å². The summed E-state index contributed by atoms with van der Waals surface area (Å²) in [5.74, 6) is 1.55. The first-order valence-corrected chi connectivity index (χ1v) is 10.5. The van der Waals surface area contributed by atoms with Crippen LogP contribution in [0.5, 0.6) is 0 Å². The third-order valence-electron chi connectivity index (χ3n) is 5.77. The number of ether oxygens (including phenoxy) is 1. The number of carbonyl (C=O) groups is 1. The van der Waals surface area contributed by atoms with E-state index in [1.165, 1.54) is 0 Å². The van der Waals surface area contributed by atoms with E-state index in [-0.39, 0.29) is 5.92 Å². The van der Waals surface area contributed by atoms with Gasteiger partial charge in [0.15, 0.2) is 0 Å². The van der Waals surface area contributed by atoms with Crippen LogP contribution >= 0.6 is 0 Å². The summed E-state index contributed by atoms with van der Waals surface area (Å²) < 4.78 is 5.23. The van der Waals surface area contributed by atoms with Gasteiger partial charge in [-0.1, -0.05) is 6.08 Å². The van der Waals surface area contributed by atoms with Crippen molar-refractivity contribution in [3.8, 4) is 0 Å². The maximum absolute atomic E-state index is 11.4. The van der Waals surface area contributed by atoms with Crippen LogP contribution < -0.4 is 9.80 Å². The standard InChI is InChI=1S/C23H28N6O2/c1-4-5-16(9-12-30)21-19-8-10-29(18-6-7-20-17(14-18)15-24-27-20)22(19)26-23(25-21)28(2)11-13-31-3/h4,6-7,12,14-16H,1,5,8-11,13H2,2-3H3,(H,24,27). The average Bonchev–Trinajstić information content (AvgIpc) is 3.42. The number of carbonyl (C=O) groups excluding carboxylic acids is 1. The molecule has 8 heteroatoms. The van der Waals surface area contributed by atoms with Gasteiger partial charge in [-0.15, -0.1) is 6.58 Å². The van der Waals surface area contributed by atoms with Crippen LogP contribution in [0, 0.1) is 0 Å². The molecule has 0 spiro atoms. The smallest absolute Gasteiger partial charge is 0.227 e. The lowest BCUT2D eigenvalue weighted by Crippen LogP contribution is -2.26. The zero-order valence-electron chi connectivity index (χ0n) is 18.0. The van der Waals surface area contributed by atoms with Gasteiger partial charge in [0.25, 0.3) is 0 Å². The molecule has 162 valence electrons. The number of nitrogens with zero attached hydrogens (tertiary/aromatic N) is 5. The Morgan fingerprint density at radius 1 is 1.35 bits per heavy atom. The predicted molar refractivity (Wildman–Crippen MR) is 122 cm³/mol. The molecule has 1 aromatic carbocycles. The fraction of sp³-hybridized carbons (Fsp3) is 0.391. The van der Waals surface area contributed by atoms with Gasteiger partial charge in [-0.05, 0) is 31.0 Å². The lowest BCUT2D eigenvalue weighted by atomic mass is 9.94. The van der Waals surface area contributed by atoms with E-state index in [4.69, 9.17) is 14.7 Å². The first kappa shape index (κ1) is 21.0. The van der Waals surface area contributed by atoms with Crippen LogP contribution in [0.15, 0.2) is 37.1 Å². The minimum absolute atomic E-state index is 0.00220. The molecule has 4 rings (SSSR count). The van der Waals surface area contributed by atoms with E-state index < -0.39 is 0 Å². The van der Waals surface area contributed by atoms with Gasteiger partial charge in [0.05, 0.1) is 24.0 Å². The molecule has 0 bridgehead atoms. The highest BCUT2D eigenvalue weighted by atomic mass is 16.5. The number of aromatic amines is 1. The SMILES string of the molecule is C=CCC(CC=O)c1nc(N(C)CCOC)nc2c1CCN2c1ccc2[nH]ncc2c1. The molecule has 3 aromatic rings. The van der Waals surface area contributed by atoms with Crippen molar-refractivity contribution in [1.82, 2.24) is 20.2 Å². The number of aldehydes is 1. The summed E-state index contributed by atoms with van der Waals surface area (Å²) in [5, 5.41) is 8.18. The highest BCUT2D eigenvalue weighted by molar-refractivity contribution is 5.84. The number of methoxy groups -OCH3 is 1. The van der Waals surface area contributed by atoms with Crippen molar-refractivity contribution < 1.29 is 9.53 Å². The normalized spacial score (nSPS) is 13.9. The monoisotopic (exact) mass is 420 g/mol. The molecule has 0 radical (unpaired) electrons. The first-order chi connectivity index (χ1) is 15.2. The zero-order valence-corrected chi connectivity index (χ0v) is 18.0. The maximum atomic E-state index is 11.4. The number of fused-ring (bicyclic) bond motifs is 2. The Labute approximate surface area is 181 Å². The van der Waals surface area contributed by atoms with Gasteiger partial charge >= 0.3 is 0 Å². The Bertz CT molecular complexity index is 1070. The summed E-state index contributed by atoms with van der Waals surface area (Å²) in [7, 11) is 3.64. The second-order valence-electron chi connectivity index (χ2n) is 7.79. The third-order valence-corrected chi connectivity index (χ3v) is 5.77. The molecular weight excluding hydrogens is 392 g/mol. The van der Waals surface area contributed by atoms with Crippen LogP contribution in [-0.4, -0.2) is 60.3 Å². The number of H-pyrrole nitrogens is 1. The minimum Gasteiger partial charge on any atom is -0.383 e. The molecule has 1 aliphatic rings. The topological polar surface area (TPSA) is 87.2 Å². The summed E-state index contributed by atoms with van der Waals surface area (Å²) in [6, 6.07) is 6.24. The summed E-state index contributed by atoms with van der Waals surface area (Å²) in [6.07, 6.45) is 6.60. The second kappa shape index (κ2) is 9.26. The van der Waals surface area contributed by atoms with Gasteiger partial charge in [-0.3, -0.25) is 5.10 Å². The van der Waals surface area contributed by atoms with Gasteiger partial charge in [-0.25, -0.2) is 4.98 Å². The molecule has 8 nitrogen and oxygen atoms in total. The highest BCUT2D eigenvalue weighted by Gasteiger charge is 2.30. The minimum atomic E-state index is -0.00220. The number of aromatic nitrogens is 4.